The highest BCUT2D eigenvalue weighted by atomic mass is 14.2. The summed E-state index contributed by atoms with van der Waals surface area (Å²) in [5.41, 5.74) is 1.31. The second kappa shape index (κ2) is 2.69. The molecule has 0 aliphatic rings. The molecule has 0 heterocycles. The van der Waals surface area contributed by atoms with Gasteiger partial charge in [-0.05, 0) is 17.9 Å². The van der Waals surface area contributed by atoms with Crippen LogP contribution < -0.4 is 0 Å². The maximum atomic E-state index is 7.89. The topological polar surface area (TPSA) is 0 Å². The van der Waals surface area contributed by atoms with Gasteiger partial charge in [0.25, 0.3) is 0 Å². The van der Waals surface area contributed by atoms with Gasteiger partial charge in [0.15, 0.2) is 0 Å². The minimum Gasteiger partial charge on any atom is -0.0617 e. The minimum atomic E-state index is -0.134. The maximum absolute atomic E-state index is 7.89. The zero-order chi connectivity index (χ0) is 11.1. The zero-order valence-electron chi connectivity index (χ0n) is 10.6. The summed E-state index contributed by atoms with van der Waals surface area (Å²) in [6.07, 6.45) is 0. The molecular formula is C11H16. The Bertz CT molecular complexity index is 362. The third kappa shape index (κ3) is 2.07. The van der Waals surface area contributed by atoms with E-state index in [-0.39, 0.29) is 17.5 Å². The monoisotopic (exact) mass is 151 g/mol. The highest BCUT2D eigenvalue weighted by Crippen LogP contribution is 2.22. The molecular weight excluding hydrogens is 132 g/mol. The Morgan fingerprint density at radius 3 is 2.55 bits per heavy atom. The van der Waals surface area contributed by atoms with Crippen molar-refractivity contribution in [3.8, 4) is 0 Å². The van der Waals surface area contributed by atoms with E-state index in [4.69, 9.17) is 4.11 Å². The number of benzene rings is 1. The fourth-order valence-electron chi connectivity index (χ4n) is 0.890. The Balaban J connectivity index is 3.49. The van der Waals surface area contributed by atoms with Crippen molar-refractivity contribution in [1.82, 2.24) is 0 Å². The predicted octanol–water partition coefficient (Wildman–Crippen LogP) is 3.29. The van der Waals surface area contributed by atoms with E-state index in [1.807, 2.05) is 20.8 Å². The molecule has 1 aromatic carbocycles. The fraction of sp³-hybridized carbons (Fsp3) is 0.455. The molecule has 0 amide bonds. The molecule has 0 bridgehead atoms. The van der Waals surface area contributed by atoms with Crippen LogP contribution in [0, 0.1) is 6.92 Å². The second-order valence-corrected chi connectivity index (χ2v) is 3.83. The summed E-state index contributed by atoms with van der Waals surface area (Å²) in [7, 11) is 0. The molecule has 0 heteroatoms. The molecule has 60 valence electrons. The Kier molecular flexibility index (Phi) is 1.22. The Morgan fingerprint density at radius 2 is 2.00 bits per heavy atom. The molecule has 0 saturated heterocycles. The molecule has 1 aromatic rings. The van der Waals surface area contributed by atoms with Crippen molar-refractivity contribution < 1.29 is 4.11 Å². The smallest absolute Gasteiger partial charge is 0.0617 e. The molecule has 0 aliphatic carbocycles. The average molecular weight is 151 g/mol. The van der Waals surface area contributed by atoms with E-state index < -0.39 is 0 Å². The maximum Gasteiger partial charge on any atom is 0.0629 e. The molecule has 11 heavy (non-hydrogen) atoms. The van der Waals surface area contributed by atoms with Crippen molar-refractivity contribution in [2.45, 2.75) is 33.1 Å². The quantitative estimate of drug-likeness (QED) is 0.533. The lowest BCUT2D eigenvalue weighted by molar-refractivity contribution is 0.590. The first-order chi connectivity index (χ1) is 6.25. The van der Waals surface area contributed by atoms with E-state index in [2.05, 4.69) is 0 Å². The van der Waals surface area contributed by atoms with Crippen LogP contribution >= 0.6 is 0 Å². The van der Waals surface area contributed by atoms with Crippen molar-refractivity contribution >= 4 is 0 Å². The molecule has 0 N–H and O–H groups in total. The molecule has 1 rings (SSSR count). The van der Waals surface area contributed by atoms with Gasteiger partial charge in [0, 0.05) is 0 Å². The van der Waals surface area contributed by atoms with Gasteiger partial charge >= 0.3 is 0 Å². The van der Waals surface area contributed by atoms with E-state index in [0.717, 1.165) is 5.56 Å². The Labute approximate surface area is 73.5 Å². The lowest BCUT2D eigenvalue weighted by atomic mass is 9.86. The molecule has 0 aliphatic heterocycles. The normalized spacial score (nSPS) is 15.5. The summed E-state index contributed by atoms with van der Waals surface area (Å²) in [5.74, 6) is 0. The molecule has 0 fully saturated rings. The van der Waals surface area contributed by atoms with Crippen LogP contribution in [0.15, 0.2) is 24.2 Å². The summed E-state index contributed by atoms with van der Waals surface area (Å²) in [6.45, 7) is 7.78. The van der Waals surface area contributed by atoms with Crippen LogP contribution in [0.4, 0.5) is 0 Å². The average Bonchev–Trinajstić information content (AvgIpc) is 2.06. The lowest BCUT2D eigenvalue weighted by Gasteiger charge is -2.19. The summed E-state index contributed by atoms with van der Waals surface area (Å²) in [6, 6.07) is 2.42. The highest BCUT2D eigenvalue weighted by molar-refractivity contribution is 5.27. The molecule has 0 atom stereocenters. The van der Waals surface area contributed by atoms with E-state index in [1.54, 1.807) is 13.0 Å². The molecule has 0 nitrogen and oxygen atoms in total. The second-order valence-electron chi connectivity index (χ2n) is 3.83. The highest BCUT2D eigenvalue weighted by Gasteiger charge is 2.12. The molecule has 0 spiro atoms. The van der Waals surface area contributed by atoms with Crippen molar-refractivity contribution in [2.24, 2.45) is 0 Å². The van der Waals surface area contributed by atoms with Crippen molar-refractivity contribution in [1.29, 1.82) is 0 Å². The van der Waals surface area contributed by atoms with Crippen LogP contribution in [0.25, 0.3) is 0 Å². The largest absolute Gasteiger partial charge is 0.0629 e. The van der Waals surface area contributed by atoms with Gasteiger partial charge in [-0.2, -0.15) is 0 Å². The van der Waals surface area contributed by atoms with Crippen LogP contribution in [-0.4, -0.2) is 0 Å². The van der Waals surface area contributed by atoms with E-state index >= 15 is 0 Å². The summed E-state index contributed by atoms with van der Waals surface area (Å²) < 4.78 is 23.1. The standard InChI is InChI=1S/C11H16/c1-9-6-5-7-10(8-9)11(2,3)4/h5-8H,1-4H3/i5D,6D,8D. The molecule has 0 unspecified atom stereocenters. The van der Waals surface area contributed by atoms with Crippen molar-refractivity contribution in [2.75, 3.05) is 0 Å². The molecule has 0 saturated carbocycles. The van der Waals surface area contributed by atoms with Gasteiger partial charge in [-0.3, -0.25) is 0 Å². The Hall–Kier alpha value is -0.780. The van der Waals surface area contributed by atoms with Crippen LogP contribution in [0.3, 0.4) is 0 Å². The Morgan fingerprint density at radius 1 is 1.36 bits per heavy atom. The van der Waals surface area contributed by atoms with E-state index in [1.165, 1.54) is 0 Å². The number of hydrogen-bond acceptors (Lipinski definition) is 0. The number of hydrogen-bond donors (Lipinski definition) is 0. The van der Waals surface area contributed by atoms with Gasteiger partial charge in [0.1, 0.15) is 0 Å². The molecule has 0 radical (unpaired) electrons. The molecule has 0 aromatic heterocycles. The minimum absolute atomic E-state index is 0.134. The summed E-state index contributed by atoms with van der Waals surface area (Å²) in [4.78, 5) is 0. The van der Waals surface area contributed by atoms with Gasteiger partial charge in [-0.15, -0.1) is 0 Å². The predicted molar refractivity (Wildman–Crippen MR) is 49.9 cm³/mol. The third-order valence-corrected chi connectivity index (χ3v) is 1.61. The van der Waals surface area contributed by atoms with E-state index in [0.29, 0.717) is 11.6 Å². The first-order valence-electron chi connectivity index (χ1n) is 5.33. The number of rotatable bonds is 0. The van der Waals surface area contributed by atoms with Crippen LogP contribution in [-0.2, 0) is 5.41 Å². The third-order valence-electron chi connectivity index (χ3n) is 1.61. The van der Waals surface area contributed by atoms with Crippen LogP contribution in [0.2, 0.25) is 0 Å². The fourth-order valence-corrected chi connectivity index (χ4v) is 0.890. The van der Waals surface area contributed by atoms with Crippen LogP contribution in [0.1, 0.15) is 36.0 Å². The van der Waals surface area contributed by atoms with Gasteiger partial charge in [0.2, 0.25) is 0 Å². The van der Waals surface area contributed by atoms with Gasteiger partial charge < -0.3 is 0 Å². The summed E-state index contributed by atoms with van der Waals surface area (Å²) in [5, 5.41) is 0. The van der Waals surface area contributed by atoms with Gasteiger partial charge in [0.05, 0.1) is 4.11 Å². The van der Waals surface area contributed by atoms with Crippen LogP contribution in [0.5, 0.6) is 0 Å². The first-order valence-corrected chi connectivity index (χ1v) is 3.83. The first kappa shape index (κ1) is 4.97. The van der Waals surface area contributed by atoms with Gasteiger partial charge in [-0.25, -0.2) is 0 Å². The van der Waals surface area contributed by atoms with Gasteiger partial charge in [-0.1, -0.05) is 50.5 Å². The lowest BCUT2D eigenvalue weighted by Crippen LogP contribution is -2.10. The SMILES string of the molecule is [2H]c1cc(C(C)(C)C)c([2H])c(C)c1[2H]. The van der Waals surface area contributed by atoms with E-state index in [9.17, 15) is 0 Å². The summed E-state index contributed by atoms with van der Waals surface area (Å²) >= 11 is 0. The zero-order valence-corrected chi connectivity index (χ0v) is 7.58. The van der Waals surface area contributed by atoms with Crippen molar-refractivity contribution in [3.63, 3.8) is 0 Å². The van der Waals surface area contributed by atoms with Crippen molar-refractivity contribution in [3.05, 3.63) is 35.3 Å².